The molecule has 1 aromatic heterocycles. The minimum Gasteiger partial charge on any atom is -0.497 e. The maximum atomic E-state index is 5.14. The van der Waals surface area contributed by atoms with Gasteiger partial charge in [0.05, 0.1) is 7.11 Å². The second-order valence-electron chi connectivity index (χ2n) is 4.37. The largest absolute Gasteiger partial charge is 0.497 e. The Morgan fingerprint density at radius 3 is 2.38 bits per heavy atom. The van der Waals surface area contributed by atoms with Gasteiger partial charge in [-0.1, -0.05) is 0 Å². The van der Waals surface area contributed by atoms with Gasteiger partial charge in [0.15, 0.2) is 5.82 Å². The Labute approximate surface area is 124 Å². The summed E-state index contributed by atoms with van der Waals surface area (Å²) in [6.45, 7) is 3.19. The number of hydrogen-bond acceptors (Lipinski definition) is 6. The zero-order valence-electron chi connectivity index (χ0n) is 12.5. The van der Waals surface area contributed by atoms with E-state index in [4.69, 9.17) is 9.47 Å². The Hall–Kier alpha value is -2.34. The van der Waals surface area contributed by atoms with Crippen molar-refractivity contribution in [1.82, 2.24) is 9.97 Å². The van der Waals surface area contributed by atoms with Crippen LogP contribution < -0.4 is 15.4 Å². The molecule has 0 unspecified atom stereocenters. The van der Waals surface area contributed by atoms with Crippen molar-refractivity contribution in [2.24, 2.45) is 0 Å². The molecule has 2 rings (SSSR count). The highest BCUT2D eigenvalue weighted by Crippen LogP contribution is 2.20. The molecule has 6 heteroatoms. The van der Waals surface area contributed by atoms with Crippen LogP contribution in [0, 0.1) is 0 Å². The monoisotopic (exact) mass is 288 g/mol. The van der Waals surface area contributed by atoms with Crippen molar-refractivity contribution < 1.29 is 9.47 Å². The lowest BCUT2D eigenvalue weighted by Crippen LogP contribution is -2.06. The fourth-order valence-corrected chi connectivity index (χ4v) is 1.85. The molecule has 6 nitrogen and oxygen atoms in total. The van der Waals surface area contributed by atoms with E-state index in [1.807, 2.05) is 37.3 Å². The molecule has 0 aliphatic rings. The number of aromatic nitrogens is 2. The lowest BCUT2D eigenvalue weighted by atomic mass is 10.3. The first kappa shape index (κ1) is 15.1. The Balaban J connectivity index is 2.20. The number of nitrogens with one attached hydrogen (secondary N) is 2. The molecule has 1 heterocycles. The highest BCUT2D eigenvalue weighted by atomic mass is 16.5. The van der Waals surface area contributed by atoms with Gasteiger partial charge in [0.1, 0.15) is 24.0 Å². The summed E-state index contributed by atoms with van der Waals surface area (Å²) in [4.78, 5) is 8.80. The van der Waals surface area contributed by atoms with Gasteiger partial charge in [0, 0.05) is 25.4 Å². The van der Waals surface area contributed by atoms with Crippen LogP contribution in [-0.4, -0.2) is 30.7 Å². The van der Waals surface area contributed by atoms with E-state index in [1.165, 1.54) is 0 Å². The van der Waals surface area contributed by atoms with E-state index in [0.29, 0.717) is 12.4 Å². The predicted molar refractivity (Wildman–Crippen MR) is 83.2 cm³/mol. The third kappa shape index (κ3) is 4.32. The van der Waals surface area contributed by atoms with E-state index in [9.17, 15) is 0 Å². The van der Waals surface area contributed by atoms with Crippen LogP contribution in [0.5, 0.6) is 5.75 Å². The molecular formula is C15H20N4O2. The average molecular weight is 288 g/mol. The molecule has 0 saturated carbocycles. The predicted octanol–water partition coefficient (Wildman–Crippen LogP) is 2.81. The Morgan fingerprint density at radius 2 is 1.76 bits per heavy atom. The number of anilines is 3. The molecule has 0 bridgehead atoms. The summed E-state index contributed by atoms with van der Waals surface area (Å²) < 4.78 is 10.2. The molecule has 0 spiro atoms. The number of hydrogen-bond donors (Lipinski definition) is 2. The van der Waals surface area contributed by atoms with Crippen molar-refractivity contribution in [2.75, 3.05) is 31.4 Å². The topological polar surface area (TPSA) is 68.3 Å². The van der Waals surface area contributed by atoms with Crippen LogP contribution in [0.2, 0.25) is 0 Å². The molecule has 0 radical (unpaired) electrons. The van der Waals surface area contributed by atoms with Gasteiger partial charge < -0.3 is 20.1 Å². The second kappa shape index (κ2) is 7.44. The normalized spacial score (nSPS) is 10.2. The van der Waals surface area contributed by atoms with Crippen molar-refractivity contribution in [3.63, 3.8) is 0 Å². The molecule has 0 saturated heterocycles. The Kier molecular flexibility index (Phi) is 5.34. The molecule has 0 aliphatic carbocycles. The minimum atomic E-state index is 0.372. The van der Waals surface area contributed by atoms with Gasteiger partial charge in [0.25, 0.3) is 0 Å². The zero-order chi connectivity index (χ0) is 15.1. The minimum absolute atomic E-state index is 0.372. The molecule has 0 aliphatic heterocycles. The summed E-state index contributed by atoms with van der Waals surface area (Å²) in [6, 6.07) is 9.52. The van der Waals surface area contributed by atoms with Gasteiger partial charge in [-0.15, -0.1) is 0 Å². The quantitative estimate of drug-likeness (QED) is 0.816. The Morgan fingerprint density at radius 1 is 1.05 bits per heavy atom. The number of rotatable bonds is 7. The van der Waals surface area contributed by atoms with Crippen molar-refractivity contribution in [3.8, 4) is 5.75 Å². The van der Waals surface area contributed by atoms with Crippen molar-refractivity contribution in [3.05, 3.63) is 36.2 Å². The zero-order valence-corrected chi connectivity index (χ0v) is 12.5. The summed E-state index contributed by atoms with van der Waals surface area (Å²) in [5, 5.41) is 6.43. The molecule has 0 fully saturated rings. The third-order valence-electron chi connectivity index (χ3n) is 2.77. The standard InChI is InChI=1S/C15H20N4O2/c1-4-16-13-9-14(19-15(18-13)10-20-2)17-11-5-7-12(21-3)8-6-11/h5-9H,4,10H2,1-3H3,(H2,16,17,18,19). The number of ether oxygens (including phenoxy) is 2. The van der Waals surface area contributed by atoms with Crippen LogP contribution in [0.3, 0.4) is 0 Å². The molecule has 1 aromatic carbocycles. The van der Waals surface area contributed by atoms with E-state index in [-0.39, 0.29) is 0 Å². The van der Waals surface area contributed by atoms with Gasteiger partial charge in [-0.25, -0.2) is 9.97 Å². The van der Waals surface area contributed by atoms with Crippen molar-refractivity contribution in [1.29, 1.82) is 0 Å². The number of nitrogens with zero attached hydrogens (tertiary/aromatic N) is 2. The van der Waals surface area contributed by atoms with Gasteiger partial charge >= 0.3 is 0 Å². The van der Waals surface area contributed by atoms with E-state index >= 15 is 0 Å². The van der Waals surface area contributed by atoms with Crippen LogP contribution in [0.15, 0.2) is 30.3 Å². The van der Waals surface area contributed by atoms with E-state index < -0.39 is 0 Å². The second-order valence-corrected chi connectivity index (χ2v) is 4.37. The summed E-state index contributed by atoms with van der Waals surface area (Å²) in [5.74, 6) is 2.94. The molecule has 21 heavy (non-hydrogen) atoms. The van der Waals surface area contributed by atoms with E-state index in [2.05, 4.69) is 20.6 Å². The summed E-state index contributed by atoms with van der Waals surface area (Å²) >= 11 is 0. The number of benzene rings is 1. The van der Waals surface area contributed by atoms with Crippen LogP contribution in [0.25, 0.3) is 0 Å². The van der Waals surface area contributed by atoms with Crippen LogP contribution >= 0.6 is 0 Å². The smallest absolute Gasteiger partial charge is 0.158 e. The highest BCUT2D eigenvalue weighted by Gasteiger charge is 2.05. The van der Waals surface area contributed by atoms with Gasteiger partial charge in [-0.3, -0.25) is 0 Å². The first-order chi connectivity index (χ1) is 10.2. The lowest BCUT2D eigenvalue weighted by molar-refractivity contribution is 0.178. The van der Waals surface area contributed by atoms with Crippen molar-refractivity contribution in [2.45, 2.75) is 13.5 Å². The first-order valence-corrected chi connectivity index (χ1v) is 6.77. The highest BCUT2D eigenvalue weighted by molar-refractivity contribution is 5.60. The Bertz CT molecular complexity index is 548. The van der Waals surface area contributed by atoms with Crippen LogP contribution in [0.1, 0.15) is 12.7 Å². The maximum absolute atomic E-state index is 5.14. The van der Waals surface area contributed by atoms with Crippen LogP contribution in [-0.2, 0) is 11.3 Å². The molecular weight excluding hydrogens is 268 g/mol. The lowest BCUT2D eigenvalue weighted by Gasteiger charge is -2.11. The van der Waals surface area contributed by atoms with Gasteiger partial charge in [0.2, 0.25) is 0 Å². The third-order valence-corrected chi connectivity index (χ3v) is 2.77. The SMILES string of the molecule is CCNc1cc(Nc2ccc(OC)cc2)nc(COC)n1. The van der Waals surface area contributed by atoms with Gasteiger partial charge in [-0.2, -0.15) is 0 Å². The maximum Gasteiger partial charge on any atom is 0.158 e. The molecule has 112 valence electrons. The van der Waals surface area contributed by atoms with Crippen LogP contribution in [0.4, 0.5) is 17.3 Å². The summed E-state index contributed by atoms with van der Waals surface area (Å²) in [6.07, 6.45) is 0. The molecule has 0 amide bonds. The van der Waals surface area contributed by atoms with E-state index in [1.54, 1.807) is 14.2 Å². The molecule has 2 N–H and O–H groups in total. The fraction of sp³-hybridized carbons (Fsp3) is 0.333. The average Bonchev–Trinajstić information content (AvgIpc) is 2.48. The molecule has 2 aromatic rings. The van der Waals surface area contributed by atoms with E-state index in [0.717, 1.165) is 29.6 Å². The summed E-state index contributed by atoms with van der Waals surface area (Å²) in [5.41, 5.74) is 0.931. The van der Waals surface area contributed by atoms with Gasteiger partial charge in [-0.05, 0) is 31.2 Å². The van der Waals surface area contributed by atoms with Crippen molar-refractivity contribution >= 4 is 17.3 Å². The summed E-state index contributed by atoms with van der Waals surface area (Å²) in [7, 11) is 3.27. The molecule has 0 atom stereocenters. The number of methoxy groups -OCH3 is 2. The first-order valence-electron chi connectivity index (χ1n) is 6.77. The fourth-order valence-electron chi connectivity index (χ4n) is 1.85.